The van der Waals surface area contributed by atoms with Gasteiger partial charge in [0.05, 0.1) is 12.2 Å². The number of amides is 1. The number of rotatable bonds is 3. The van der Waals surface area contributed by atoms with Crippen molar-refractivity contribution in [2.45, 2.75) is 25.6 Å². The van der Waals surface area contributed by atoms with Crippen molar-refractivity contribution in [2.75, 3.05) is 57.4 Å². The Morgan fingerprint density at radius 3 is 2.52 bits per heavy atom. The van der Waals surface area contributed by atoms with Gasteiger partial charge in [0.25, 0.3) is 0 Å². The molecule has 4 aliphatic rings. The van der Waals surface area contributed by atoms with Crippen molar-refractivity contribution in [3.63, 3.8) is 0 Å². The molecule has 6 nitrogen and oxygen atoms in total. The van der Waals surface area contributed by atoms with Crippen molar-refractivity contribution in [1.82, 2.24) is 9.80 Å². The molecule has 1 spiro atoms. The van der Waals surface area contributed by atoms with E-state index in [0.717, 1.165) is 12.8 Å². The number of fused-ring (bicyclic) bond motifs is 1. The number of carbonyl (C=O) groups is 1. The van der Waals surface area contributed by atoms with Crippen LogP contribution in [0.3, 0.4) is 0 Å². The summed E-state index contributed by atoms with van der Waals surface area (Å²) in [5, 5.41) is 9.18. The van der Waals surface area contributed by atoms with Crippen LogP contribution in [0.15, 0.2) is 18.2 Å². The Morgan fingerprint density at radius 1 is 1.16 bits per heavy atom. The molecule has 1 amide bonds. The summed E-state index contributed by atoms with van der Waals surface area (Å²) in [6.07, 6.45) is -3.56. The zero-order valence-corrected chi connectivity index (χ0v) is 17.4. The highest BCUT2D eigenvalue weighted by Gasteiger charge is 2.46. The zero-order valence-electron chi connectivity index (χ0n) is 17.4. The van der Waals surface area contributed by atoms with Crippen LogP contribution in [0.1, 0.15) is 24.0 Å². The van der Waals surface area contributed by atoms with Crippen molar-refractivity contribution >= 4 is 11.8 Å². The van der Waals surface area contributed by atoms with Crippen LogP contribution in [-0.2, 0) is 17.5 Å². The Bertz CT molecular complexity index is 842. The summed E-state index contributed by atoms with van der Waals surface area (Å²) in [6.45, 7) is 5.02. The van der Waals surface area contributed by atoms with Crippen molar-refractivity contribution in [3.8, 4) is 0 Å². The molecular formula is C22H28F3N3O3. The second-order valence-electron chi connectivity index (χ2n) is 9.68. The second-order valence-corrected chi connectivity index (χ2v) is 9.68. The number of halogens is 3. The van der Waals surface area contributed by atoms with Gasteiger partial charge in [-0.3, -0.25) is 4.90 Å². The first kappa shape index (κ1) is 20.9. The van der Waals surface area contributed by atoms with Crippen molar-refractivity contribution in [2.24, 2.45) is 17.3 Å². The minimum absolute atomic E-state index is 0.0126. The third kappa shape index (κ3) is 3.86. The van der Waals surface area contributed by atoms with E-state index in [1.54, 1.807) is 18.2 Å². The molecule has 0 aromatic heterocycles. The summed E-state index contributed by atoms with van der Waals surface area (Å²) in [5.41, 5.74) is 0.0606. The van der Waals surface area contributed by atoms with E-state index in [0.29, 0.717) is 58.0 Å². The van der Waals surface area contributed by atoms with Crippen LogP contribution in [0, 0.1) is 17.3 Å². The van der Waals surface area contributed by atoms with Crippen LogP contribution in [0.5, 0.6) is 0 Å². The van der Waals surface area contributed by atoms with Gasteiger partial charge >= 0.3 is 12.3 Å². The lowest BCUT2D eigenvalue weighted by Crippen LogP contribution is -2.32. The van der Waals surface area contributed by atoms with Gasteiger partial charge in [-0.25, -0.2) is 4.79 Å². The van der Waals surface area contributed by atoms with Gasteiger partial charge in [0.2, 0.25) is 0 Å². The van der Waals surface area contributed by atoms with E-state index in [-0.39, 0.29) is 29.5 Å². The monoisotopic (exact) mass is 439 g/mol. The van der Waals surface area contributed by atoms with E-state index in [1.165, 1.54) is 4.90 Å². The van der Waals surface area contributed by atoms with Crippen LogP contribution in [0.25, 0.3) is 0 Å². The van der Waals surface area contributed by atoms with Crippen molar-refractivity contribution in [3.05, 3.63) is 29.3 Å². The molecule has 31 heavy (non-hydrogen) atoms. The molecule has 9 heteroatoms. The fourth-order valence-electron chi connectivity index (χ4n) is 6.04. The molecule has 170 valence electrons. The number of alkyl halides is 3. The number of nitrogens with zero attached hydrogens (tertiary/aromatic N) is 3. The quantitative estimate of drug-likeness (QED) is 0.783. The maximum Gasteiger partial charge on any atom is 0.418 e. The van der Waals surface area contributed by atoms with Gasteiger partial charge in [0, 0.05) is 63.5 Å². The van der Waals surface area contributed by atoms with E-state index >= 15 is 0 Å². The highest BCUT2D eigenvalue weighted by Crippen LogP contribution is 2.45. The smallest absolute Gasteiger partial charge is 0.418 e. The number of hydrogen-bond donors (Lipinski definition) is 1. The first-order chi connectivity index (χ1) is 14.7. The Morgan fingerprint density at radius 2 is 1.90 bits per heavy atom. The van der Waals surface area contributed by atoms with Gasteiger partial charge in [-0.15, -0.1) is 0 Å². The van der Waals surface area contributed by atoms with Gasteiger partial charge in [-0.1, -0.05) is 12.1 Å². The molecule has 0 saturated carbocycles. The van der Waals surface area contributed by atoms with Crippen LogP contribution < -0.4 is 4.90 Å². The molecule has 0 aliphatic carbocycles. The molecule has 0 radical (unpaired) electrons. The molecule has 3 atom stereocenters. The number of hydrogen-bond acceptors (Lipinski definition) is 4. The fourth-order valence-corrected chi connectivity index (χ4v) is 6.04. The maximum atomic E-state index is 14.2. The minimum Gasteiger partial charge on any atom is -0.465 e. The molecule has 4 saturated heterocycles. The summed E-state index contributed by atoms with van der Waals surface area (Å²) in [4.78, 5) is 16.6. The lowest BCUT2D eigenvalue weighted by Gasteiger charge is -2.28. The van der Waals surface area contributed by atoms with E-state index in [1.807, 2.05) is 4.90 Å². The number of ether oxygens (including phenoxy) is 1. The normalized spacial score (nSPS) is 31.2. The lowest BCUT2D eigenvalue weighted by atomic mass is 9.87. The summed E-state index contributed by atoms with van der Waals surface area (Å²) < 4.78 is 48.2. The Balaban J connectivity index is 1.35. The molecule has 4 fully saturated rings. The second kappa shape index (κ2) is 7.55. The van der Waals surface area contributed by atoms with E-state index in [9.17, 15) is 23.1 Å². The largest absolute Gasteiger partial charge is 0.465 e. The molecular weight excluding hydrogens is 411 g/mol. The third-order valence-corrected chi connectivity index (χ3v) is 7.60. The highest BCUT2D eigenvalue weighted by atomic mass is 19.4. The van der Waals surface area contributed by atoms with E-state index < -0.39 is 17.8 Å². The van der Waals surface area contributed by atoms with Crippen LogP contribution >= 0.6 is 0 Å². The van der Waals surface area contributed by atoms with Crippen molar-refractivity contribution in [1.29, 1.82) is 0 Å². The fraction of sp³-hybridized carbons (Fsp3) is 0.682. The van der Waals surface area contributed by atoms with Gasteiger partial charge in [-0.2, -0.15) is 13.2 Å². The van der Waals surface area contributed by atoms with Crippen LogP contribution in [0.4, 0.5) is 23.7 Å². The molecule has 4 heterocycles. The molecule has 5 rings (SSSR count). The van der Waals surface area contributed by atoms with Gasteiger partial charge in [-0.05, 0) is 36.3 Å². The average molecular weight is 439 g/mol. The van der Waals surface area contributed by atoms with Crippen LogP contribution in [0.2, 0.25) is 0 Å². The Hall–Kier alpha value is -2.00. The molecule has 4 aliphatic heterocycles. The predicted octanol–water partition coefficient (Wildman–Crippen LogP) is 3.36. The number of likely N-dealkylation sites (tertiary alicyclic amines) is 2. The zero-order chi connectivity index (χ0) is 21.8. The van der Waals surface area contributed by atoms with E-state index in [4.69, 9.17) is 4.74 Å². The average Bonchev–Trinajstić information content (AvgIpc) is 3.46. The minimum atomic E-state index is -4.43. The number of benzene rings is 1. The van der Waals surface area contributed by atoms with E-state index in [2.05, 4.69) is 4.90 Å². The molecule has 1 aromatic carbocycles. The van der Waals surface area contributed by atoms with Gasteiger partial charge < -0.3 is 19.6 Å². The molecule has 1 aromatic rings. The summed E-state index contributed by atoms with van der Waals surface area (Å²) in [6, 6.07) is 4.93. The SMILES string of the molecule is O=C(O)N1CC2CN(Cc3cccc(N4CCC5(CCOC5)C4)c3C(F)(F)F)CC2C1. The lowest BCUT2D eigenvalue weighted by molar-refractivity contribution is -0.138. The Kier molecular flexibility index (Phi) is 5.08. The predicted molar refractivity (Wildman–Crippen MR) is 108 cm³/mol. The van der Waals surface area contributed by atoms with Gasteiger partial charge in [0.15, 0.2) is 0 Å². The topological polar surface area (TPSA) is 56.2 Å². The summed E-state index contributed by atoms with van der Waals surface area (Å²) >= 11 is 0. The Labute approximate surface area is 179 Å². The molecule has 0 bridgehead atoms. The maximum absolute atomic E-state index is 14.2. The summed E-state index contributed by atoms with van der Waals surface area (Å²) in [7, 11) is 0. The third-order valence-electron chi connectivity index (χ3n) is 7.60. The standard InChI is InChI=1S/C22H28F3N3O3/c23-22(24,25)19-15(8-26-9-16-11-28(20(29)30)12-17(16)10-26)2-1-3-18(19)27-6-4-21(13-27)5-7-31-14-21/h1-3,16-17H,4-14H2,(H,29,30). The van der Waals surface area contributed by atoms with Crippen LogP contribution in [-0.4, -0.2) is 73.5 Å². The number of anilines is 1. The molecule has 1 N–H and O–H groups in total. The molecule has 3 unspecified atom stereocenters. The first-order valence-corrected chi connectivity index (χ1v) is 11.0. The summed E-state index contributed by atoms with van der Waals surface area (Å²) in [5.74, 6) is 0.406. The van der Waals surface area contributed by atoms with Crippen molar-refractivity contribution < 1.29 is 27.8 Å². The first-order valence-electron chi connectivity index (χ1n) is 11.0. The number of carboxylic acid groups (broad SMARTS) is 1. The van der Waals surface area contributed by atoms with Gasteiger partial charge in [0.1, 0.15) is 0 Å². The highest BCUT2D eigenvalue weighted by molar-refractivity contribution is 5.65.